The molecule has 1 aromatic carbocycles. The van der Waals surface area contributed by atoms with Gasteiger partial charge in [-0.2, -0.15) is 0 Å². The minimum absolute atomic E-state index is 0.193. The van der Waals surface area contributed by atoms with Gasteiger partial charge in [0.1, 0.15) is 11.3 Å². The van der Waals surface area contributed by atoms with E-state index in [0.717, 1.165) is 27.9 Å². The van der Waals surface area contributed by atoms with E-state index >= 15 is 0 Å². The fraction of sp³-hybridized carbons (Fsp3) is 0.136. The lowest BCUT2D eigenvalue weighted by molar-refractivity contribution is 0.461. The van der Waals surface area contributed by atoms with Crippen molar-refractivity contribution in [1.82, 2.24) is 20.3 Å². The molecule has 4 rings (SSSR count). The molecule has 0 bridgehead atoms. The second-order valence-corrected chi connectivity index (χ2v) is 6.45. The topological polar surface area (TPSA) is 70.9 Å². The lowest BCUT2D eigenvalue weighted by Gasteiger charge is -2.21. The molecule has 0 aliphatic carbocycles. The van der Waals surface area contributed by atoms with Gasteiger partial charge < -0.3 is 10.4 Å². The smallest absolute Gasteiger partial charge is 0.146 e. The maximum absolute atomic E-state index is 11.0. The highest BCUT2D eigenvalue weighted by Crippen LogP contribution is 2.34. The molecule has 1 atom stereocenters. The molecule has 0 amide bonds. The number of pyridine rings is 3. The van der Waals surface area contributed by atoms with Crippen LogP contribution in [0.1, 0.15) is 28.6 Å². The van der Waals surface area contributed by atoms with Crippen LogP contribution in [-0.4, -0.2) is 20.1 Å². The highest BCUT2D eigenvalue weighted by molar-refractivity contribution is 5.86. The van der Waals surface area contributed by atoms with E-state index in [9.17, 15) is 5.11 Å². The van der Waals surface area contributed by atoms with Crippen molar-refractivity contribution in [1.29, 1.82) is 0 Å². The lowest BCUT2D eigenvalue weighted by atomic mass is 9.97. The Kier molecular flexibility index (Phi) is 4.77. The Hall–Kier alpha value is -3.31. The fourth-order valence-corrected chi connectivity index (χ4v) is 3.18. The van der Waals surface area contributed by atoms with E-state index in [0.29, 0.717) is 12.1 Å². The Morgan fingerprint density at radius 3 is 2.67 bits per heavy atom. The summed E-state index contributed by atoms with van der Waals surface area (Å²) in [5.41, 5.74) is 4.15. The van der Waals surface area contributed by atoms with Crippen molar-refractivity contribution in [2.24, 2.45) is 0 Å². The van der Waals surface area contributed by atoms with E-state index in [2.05, 4.69) is 20.3 Å². The van der Waals surface area contributed by atoms with Crippen LogP contribution < -0.4 is 5.32 Å². The van der Waals surface area contributed by atoms with Gasteiger partial charge >= 0.3 is 0 Å². The minimum atomic E-state index is -0.229. The maximum Gasteiger partial charge on any atom is 0.146 e. The monoisotopic (exact) mass is 356 g/mol. The van der Waals surface area contributed by atoms with Crippen molar-refractivity contribution in [3.05, 3.63) is 95.7 Å². The van der Waals surface area contributed by atoms with Crippen LogP contribution in [0.3, 0.4) is 0 Å². The number of phenols is 1. The van der Waals surface area contributed by atoms with Crippen molar-refractivity contribution < 1.29 is 5.11 Å². The standard InChI is InChI=1S/C22H20N4O/c1-15-7-8-16-9-10-19(22(27)21(16)26-15)20(17-5-4-11-23-13-17)25-14-18-6-2-3-12-24-18/h2-13,20,25,27H,14H2,1H3. The van der Waals surface area contributed by atoms with Gasteiger partial charge in [0.05, 0.1) is 11.7 Å². The summed E-state index contributed by atoms with van der Waals surface area (Å²) >= 11 is 0. The van der Waals surface area contributed by atoms with Crippen molar-refractivity contribution >= 4 is 10.9 Å². The van der Waals surface area contributed by atoms with Crippen LogP contribution in [0, 0.1) is 6.92 Å². The molecule has 0 fully saturated rings. The molecule has 5 heteroatoms. The molecule has 5 nitrogen and oxygen atoms in total. The number of phenolic OH excluding ortho intramolecular Hbond substituents is 1. The molecule has 0 spiro atoms. The zero-order valence-corrected chi connectivity index (χ0v) is 15.0. The van der Waals surface area contributed by atoms with E-state index in [4.69, 9.17) is 0 Å². The van der Waals surface area contributed by atoms with Crippen LogP contribution in [0.25, 0.3) is 10.9 Å². The number of aryl methyl sites for hydroxylation is 1. The molecular weight excluding hydrogens is 336 g/mol. The summed E-state index contributed by atoms with van der Waals surface area (Å²) in [6.07, 6.45) is 5.32. The van der Waals surface area contributed by atoms with Gasteiger partial charge in [-0.3, -0.25) is 9.97 Å². The van der Waals surface area contributed by atoms with E-state index in [1.165, 1.54) is 0 Å². The highest BCUT2D eigenvalue weighted by Gasteiger charge is 2.20. The quantitative estimate of drug-likeness (QED) is 0.567. The molecule has 134 valence electrons. The first kappa shape index (κ1) is 17.1. The molecule has 0 saturated heterocycles. The van der Waals surface area contributed by atoms with E-state index in [1.54, 1.807) is 12.4 Å². The third-order valence-electron chi connectivity index (χ3n) is 4.55. The van der Waals surface area contributed by atoms with E-state index in [1.807, 2.05) is 67.7 Å². The number of aromatic hydroxyl groups is 1. The zero-order valence-electron chi connectivity index (χ0n) is 15.0. The summed E-state index contributed by atoms with van der Waals surface area (Å²) < 4.78 is 0. The van der Waals surface area contributed by atoms with Gasteiger partial charge in [0.15, 0.2) is 0 Å². The van der Waals surface area contributed by atoms with Crippen LogP contribution >= 0.6 is 0 Å². The molecule has 1 unspecified atom stereocenters. The first-order chi connectivity index (χ1) is 13.2. The van der Waals surface area contributed by atoms with Crippen LogP contribution in [-0.2, 0) is 6.54 Å². The second-order valence-electron chi connectivity index (χ2n) is 6.45. The summed E-state index contributed by atoms with van der Waals surface area (Å²) in [5.74, 6) is 0.193. The number of nitrogens with one attached hydrogen (secondary N) is 1. The van der Waals surface area contributed by atoms with Gasteiger partial charge in [-0.05, 0) is 36.8 Å². The summed E-state index contributed by atoms with van der Waals surface area (Å²) in [6.45, 7) is 2.49. The number of benzene rings is 1. The fourth-order valence-electron chi connectivity index (χ4n) is 3.18. The second kappa shape index (κ2) is 7.51. The van der Waals surface area contributed by atoms with Gasteiger partial charge in [-0.25, -0.2) is 4.98 Å². The molecule has 2 N–H and O–H groups in total. The van der Waals surface area contributed by atoms with Crippen LogP contribution in [0.2, 0.25) is 0 Å². The van der Waals surface area contributed by atoms with Gasteiger partial charge in [-0.1, -0.05) is 30.3 Å². The number of rotatable bonds is 5. The van der Waals surface area contributed by atoms with Crippen LogP contribution in [0.15, 0.2) is 73.2 Å². The van der Waals surface area contributed by atoms with Crippen molar-refractivity contribution in [2.45, 2.75) is 19.5 Å². The number of fused-ring (bicyclic) bond motifs is 1. The molecule has 0 aliphatic heterocycles. The molecule has 0 saturated carbocycles. The molecule has 0 radical (unpaired) electrons. The Morgan fingerprint density at radius 2 is 1.89 bits per heavy atom. The summed E-state index contributed by atoms with van der Waals surface area (Å²) in [7, 11) is 0. The van der Waals surface area contributed by atoms with Crippen molar-refractivity contribution in [3.63, 3.8) is 0 Å². The van der Waals surface area contributed by atoms with E-state index in [-0.39, 0.29) is 11.8 Å². The maximum atomic E-state index is 11.0. The predicted molar refractivity (Wildman–Crippen MR) is 105 cm³/mol. The zero-order chi connectivity index (χ0) is 18.6. The number of nitrogens with zero attached hydrogens (tertiary/aromatic N) is 3. The lowest BCUT2D eigenvalue weighted by Crippen LogP contribution is -2.23. The summed E-state index contributed by atoms with van der Waals surface area (Å²) in [5, 5.41) is 15.4. The van der Waals surface area contributed by atoms with Gasteiger partial charge in [0, 0.05) is 41.8 Å². The van der Waals surface area contributed by atoms with Gasteiger partial charge in [-0.15, -0.1) is 0 Å². The molecule has 0 aliphatic rings. The van der Waals surface area contributed by atoms with Crippen LogP contribution in [0.4, 0.5) is 0 Å². The first-order valence-corrected chi connectivity index (χ1v) is 8.85. The normalized spacial score (nSPS) is 12.2. The molecule has 27 heavy (non-hydrogen) atoms. The molecule has 4 aromatic rings. The third kappa shape index (κ3) is 3.64. The molecule has 3 aromatic heterocycles. The molecular formula is C22H20N4O. The van der Waals surface area contributed by atoms with Gasteiger partial charge in [0.25, 0.3) is 0 Å². The third-order valence-corrected chi connectivity index (χ3v) is 4.55. The minimum Gasteiger partial charge on any atom is -0.505 e. The number of hydrogen-bond donors (Lipinski definition) is 2. The SMILES string of the molecule is Cc1ccc2ccc(C(NCc3ccccn3)c3cccnc3)c(O)c2n1. The number of aromatic nitrogens is 3. The Balaban J connectivity index is 1.76. The summed E-state index contributed by atoms with van der Waals surface area (Å²) in [4.78, 5) is 13.1. The average Bonchev–Trinajstić information content (AvgIpc) is 2.71. The van der Waals surface area contributed by atoms with Crippen molar-refractivity contribution in [3.8, 4) is 5.75 Å². The van der Waals surface area contributed by atoms with Crippen molar-refractivity contribution in [2.75, 3.05) is 0 Å². The predicted octanol–water partition coefficient (Wildman–Crippen LogP) is 3.92. The highest BCUT2D eigenvalue weighted by atomic mass is 16.3. The summed E-state index contributed by atoms with van der Waals surface area (Å²) in [6, 6.07) is 17.3. The van der Waals surface area contributed by atoms with Crippen LogP contribution in [0.5, 0.6) is 5.75 Å². The average molecular weight is 356 g/mol. The first-order valence-electron chi connectivity index (χ1n) is 8.85. The van der Waals surface area contributed by atoms with Gasteiger partial charge in [0.2, 0.25) is 0 Å². The Bertz CT molecular complexity index is 1050. The molecule has 3 heterocycles. The Labute approximate surface area is 157 Å². The van der Waals surface area contributed by atoms with E-state index < -0.39 is 0 Å². The largest absolute Gasteiger partial charge is 0.505 e. The Morgan fingerprint density at radius 1 is 1.00 bits per heavy atom. The number of hydrogen-bond acceptors (Lipinski definition) is 5.